The fourth-order valence-electron chi connectivity index (χ4n) is 10.4. The van der Waals surface area contributed by atoms with E-state index in [1.54, 1.807) is 0 Å². The van der Waals surface area contributed by atoms with E-state index >= 15 is 0 Å². The highest BCUT2D eigenvalue weighted by Gasteiger charge is 2.39. The van der Waals surface area contributed by atoms with Crippen molar-refractivity contribution in [2.45, 2.75) is 12.0 Å². The highest BCUT2D eigenvalue weighted by molar-refractivity contribution is 6.11. The molecular formula is C60H40N2O. The Bertz CT molecular complexity index is 3620. The lowest BCUT2D eigenvalue weighted by molar-refractivity contribution is 0.223. The number of hydrogen-bond acceptors (Lipinski definition) is 2. The summed E-state index contributed by atoms with van der Waals surface area (Å²) >= 11 is 0. The molecule has 296 valence electrons. The van der Waals surface area contributed by atoms with Gasteiger partial charge < -0.3 is 14.2 Å². The van der Waals surface area contributed by atoms with Crippen LogP contribution < -0.4 is 9.64 Å². The van der Waals surface area contributed by atoms with Crippen molar-refractivity contribution in [1.82, 2.24) is 4.57 Å². The van der Waals surface area contributed by atoms with Crippen LogP contribution in [0.2, 0.25) is 0 Å². The molecular weight excluding hydrogens is 765 g/mol. The van der Waals surface area contributed by atoms with Crippen LogP contribution in [0.25, 0.3) is 77.4 Å². The van der Waals surface area contributed by atoms with Gasteiger partial charge in [0.25, 0.3) is 0 Å². The zero-order chi connectivity index (χ0) is 41.4. The molecule has 11 aromatic rings. The number of anilines is 3. The lowest BCUT2D eigenvalue weighted by atomic mass is 9.83. The van der Waals surface area contributed by atoms with E-state index in [1.807, 2.05) is 0 Å². The molecule has 0 saturated carbocycles. The molecule has 2 heterocycles. The number of fused-ring (bicyclic) bond motifs is 11. The number of nitrogens with zero attached hydrogens (tertiary/aromatic N) is 2. The minimum Gasteiger partial charge on any atom is -0.484 e. The summed E-state index contributed by atoms with van der Waals surface area (Å²) in [4.78, 5) is 2.43. The Balaban J connectivity index is 0.944. The van der Waals surface area contributed by atoms with Crippen molar-refractivity contribution in [3.05, 3.63) is 241 Å². The molecule has 2 atom stereocenters. The third-order valence-electron chi connectivity index (χ3n) is 13.3. The Morgan fingerprint density at radius 1 is 0.429 bits per heavy atom. The van der Waals surface area contributed by atoms with Crippen molar-refractivity contribution in [3.8, 4) is 33.7 Å². The van der Waals surface area contributed by atoms with Gasteiger partial charge in [0.15, 0.2) is 0 Å². The van der Waals surface area contributed by atoms with E-state index in [4.69, 9.17) is 4.74 Å². The van der Waals surface area contributed by atoms with Gasteiger partial charge in [0, 0.05) is 44.9 Å². The topological polar surface area (TPSA) is 17.4 Å². The number of aromatic nitrogens is 1. The van der Waals surface area contributed by atoms with Crippen LogP contribution in [0, 0.1) is 0 Å². The summed E-state index contributed by atoms with van der Waals surface area (Å²) in [5.74, 6) is 1.01. The summed E-state index contributed by atoms with van der Waals surface area (Å²) in [5, 5.41) is 7.55. The molecule has 0 radical (unpaired) electrons. The van der Waals surface area contributed by atoms with Crippen molar-refractivity contribution < 1.29 is 4.74 Å². The predicted molar refractivity (Wildman–Crippen MR) is 263 cm³/mol. The second kappa shape index (κ2) is 14.2. The minimum atomic E-state index is -0.0762. The van der Waals surface area contributed by atoms with Crippen molar-refractivity contribution in [2.75, 3.05) is 4.90 Å². The van der Waals surface area contributed by atoms with E-state index in [-0.39, 0.29) is 12.0 Å². The lowest BCUT2D eigenvalue weighted by Gasteiger charge is -2.29. The SMILES string of the molecule is C1=CC2c3c(cccc3N(c3ccc(-c4ccc5c(ccc6ccccc65)c4)cc3)c3cccc(-c4ccc5c(c4)c4ccccc4n5-c4ccccc4)c3)OC2c2ccccc21. The highest BCUT2D eigenvalue weighted by Crippen LogP contribution is 2.55. The molecule has 2 unspecified atom stereocenters. The zero-order valence-corrected chi connectivity index (χ0v) is 34.4. The first kappa shape index (κ1) is 35.6. The molecule has 1 aliphatic heterocycles. The van der Waals surface area contributed by atoms with Gasteiger partial charge in [-0.3, -0.25) is 0 Å². The maximum atomic E-state index is 6.86. The molecule has 0 spiro atoms. The molecule has 13 rings (SSSR count). The van der Waals surface area contributed by atoms with Crippen LogP contribution in [0.3, 0.4) is 0 Å². The maximum Gasteiger partial charge on any atom is 0.135 e. The second-order valence-electron chi connectivity index (χ2n) is 16.8. The molecule has 1 aromatic heterocycles. The number of benzene rings is 10. The molecule has 0 fully saturated rings. The van der Waals surface area contributed by atoms with E-state index in [2.05, 4.69) is 240 Å². The van der Waals surface area contributed by atoms with E-state index in [9.17, 15) is 0 Å². The van der Waals surface area contributed by atoms with Crippen molar-refractivity contribution >= 4 is 66.5 Å². The number of para-hydroxylation sites is 2. The summed E-state index contributed by atoms with van der Waals surface area (Å²) in [6.45, 7) is 0. The van der Waals surface area contributed by atoms with E-state index in [0.717, 1.165) is 34.1 Å². The fourth-order valence-corrected chi connectivity index (χ4v) is 10.4. The summed E-state index contributed by atoms with van der Waals surface area (Å²) in [5.41, 5.74) is 15.2. The Hall–Kier alpha value is -8.14. The lowest BCUT2D eigenvalue weighted by Crippen LogP contribution is -2.15. The normalized spacial score (nSPS) is 15.0. The van der Waals surface area contributed by atoms with Crippen LogP contribution in [-0.4, -0.2) is 4.57 Å². The van der Waals surface area contributed by atoms with Gasteiger partial charge in [0.1, 0.15) is 11.9 Å². The molecule has 63 heavy (non-hydrogen) atoms. The summed E-state index contributed by atoms with van der Waals surface area (Å²) in [6, 6.07) is 79.5. The summed E-state index contributed by atoms with van der Waals surface area (Å²) < 4.78 is 9.24. The Morgan fingerprint density at radius 3 is 2.05 bits per heavy atom. The molecule has 1 aliphatic carbocycles. The predicted octanol–water partition coefficient (Wildman–Crippen LogP) is 16.1. The van der Waals surface area contributed by atoms with E-state index < -0.39 is 0 Å². The molecule has 0 N–H and O–H groups in total. The average Bonchev–Trinajstić information content (AvgIpc) is 3.91. The molecule has 10 aromatic carbocycles. The zero-order valence-electron chi connectivity index (χ0n) is 34.4. The first-order valence-electron chi connectivity index (χ1n) is 21.8. The summed E-state index contributed by atoms with van der Waals surface area (Å²) in [7, 11) is 0. The van der Waals surface area contributed by atoms with Crippen LogP contribution >= 0.6 is 0 Å². The van der Waals surface area contributed by atoms with Crippen LogP contribution in [0.5, 0.6) is 5.75 Å². The van der Waals surface area contributed by atoms with Crippen LogP contribution in [0.4, 0.5) is 17.1 Å². The number of rotatable bonds is 6. The third kappa shape index (κ3) is 5.74. The second-order valence-corrected chi connectivity index (χ2v) is 16.8. The van der Waals surface area contributed by atoms with Crippen molar-refractivity contribution in [3.63, 3.8) is 0 Å². The molecule has 0 amide bonds. The van der Waals surface area contributed by atoms with Gasteiger partial charge in [-0.1, -0.05) is 158 Å². The average molecular weight is 805 g/mol. The molecule has 2 aliphatic rings. The smallest absolute Gasteiger partial charge is 0.135 e. The largest absolute Gasteiger partial charge is 0.484 e. The third-order valence-corrected chi connectivity index (χ3v) is 13.3. The Morgan fingerprint density at radius 2 is 1.13 bits per heavy atom. The Kier molecular flexibility index (Phi) is 8.04. The van der Waals surface area contributed by atoms with Gasteiger partial charge >= 0.3 is 0 Å². The Labute approximate surface area is 366 Å². The number of ether oxygens (including phenoxy) is 1. The van der Waals surface area contributed by atoms with Crippen molar-refractivity contribution in [1.29, 1.82) is 0 Å². The number of hydrogen-bond donors (Lipinski definition) is 0. The molecule has 0 saturated heterocycles. The van der Waals surface area contributed by atoms with E-state index in [1.165, 1.54) is 76.7 Å². The quantitative estimate of drug-likeness (QED) is 0.156. The minimum absolute atomic E-state index is 0.0762. The van der Waals surface area contributed by atoms with Gasteiger partial charge in [0.05, 0.1) is 16.7 Å². The molecule has 3 nitrogen and oxygen atoms in total. The standard InChI is InChI=1S/C60H40N2O/c1-2-15-46(16-3-1)62-55-21-9-8-20-52(55)54-38-44(30-35-56(54)62)42-14-10-17-48(37-42)61(57-22-11-23-58-59(57)53-34-28-41-13-5-7-19-51(41)60(53)63-58)47-31-26-39(27-32-47)43-29-33-50-45(36-43)25-24-40-12-4-6-18-49(40)50/h1-38,53,60H. The fraction of sp³-hybridized carbons (Fsp3) is 0.0333. The van der Waals surface area contributed by atoms with Crippen LogP contribution in [0.1, 0.15) is 28.7 Å². The molecule has 3 heteroatoms. The first-order chi connectivity index (χ1) is 31.2. The van der Waals surface area contributed by atoms with Crippen LogP contribution in [0.15, 0.2) is 224 Å². The van der Waals surface area contributed by atoms with Gasteiger partial charge in [0.2, 0.25) is 0 Å². The van der Waals surface area contributed by atoms with Crippen LogP contribution in [-0.2, 0) is 0 Å². The van der Waals surface area contributed by atoms with Gasteiger partial charge in [-0.25, -0.2) is 0 Å². The van der Waals surface area contributed by atoms with Gasteiger partial charge in [-0.15, -0.1) is 0 Å². The van der Waals surface area contributed by atoms with Crippen molar-refractivity contribution in [2.24, 2.45) is 0 Å². The maximum absolute atomic E-state index is 6.86. The molecule has 0 bridgehead atoms. The highest BCUT2D eigenvalue weighted by atomic mass is 16.5. The van der Waals surface area contributed by atoms with Gasteiger partial charge in [-0.05, 0) is 122 Å². The summed E-state index contributed by atoms with van der Waals surface area (Å²) in [6.07, 6.45) is 4.53. The van der Waals surface area contributed by atoms with Gasteiger partial charge in [-0.2, -0.15) is 0 Å². The first-order valence-corrected chi connectivity index (χ1v) is 21.8. The monoisotopic (exact) mass is 804 g/mol. The van der Waals surface area contributed by atoms with E-state index in [0.29, 0.717) is 0 Å².